The van der Waals surface area contributed by atoms with Gasteiger partial charge < -0.3 is 19.9 Å². The standard InChI is InChI=1S/C35H38F2N6O4/c1-17(2)26-29(19(4)12-13-38-26)43-31-21(14-23(37)27(39-31)25-18(3)10-9-11-22(25)36)30-28(33(43)45)40-32(44)24-16-41(20(5)15-42(24)30)34(46)47-35(6,7)8/h9-14,17,20,24H,15-16H2,1-8H3,(H,40,44)/t20-,24-/m1/s1. The lowest BCUT2D eigenvalue weighted by Crippen LogP contribution is -2.65. The molecule has 0 unspecified atom stereocenters. The summed E-state index contributed by atoms with van der Waals surface area (Å²) < 4.78 is 38.5. The van der Waals surface area contributed by atoms with E-state index in [1.54, 1.807) is 50.9 Å². The summed E-state index contributed by atoms with van der Waals surface area (Å²) in [5.41, 5.74) is 0.991. The Bertz CT molecular complexity index is 2000. The van der Waals surface area contributed by atoms with E-state index < -0.39 is 46.9 Å². The fraction of sp³-hybridized carbons (Fsp3) is 0.400. The molecule has 2 atom stereocenters. The predicted octanol–water partition coefficient (Wildman–Crippen LogP) is 6.23. The summed E-state index contributed by atoms with van der Waals surface area (Å²) in [6.07, 6.45) is 1.09. The number of carbonyl (C=O) groups is 2. The number of amides is 2. The van der Waals surface area contributed by atoms with Crippen LogP contribution in [-0.4, -0.2) is 62.2 Å². The van der Waals surface area contributed by atoms with Gasteiger partial charge in [-0.05, 0) is 76.8 Å². The van der Waals surface area contributed by atoms with Crippen molar-refractivity contribution in [3.8, 4) is 16.9 Å². The maximum atomic E-state index is 16.3. The van der Waals surface area contributed by atoms with E-state index in [1.165, 1.54) is 27.7 Å². The van der Waals surface area contributed by atoms with Gasteiger partial charge in [-0.3, -0.25) is 19.1 Å². The predicted molar refractivity (Wildman–Crippen MR) is 176 cm³/mol. The van der Waals surface area contributed by atoms with Gasteiger partial charge in [0.25, 0.3) is 5.56 Å². The number of nitrogens with one attached hydrogen (secondary N) is 1. The Kier molecular flexibility index (Phi) is 7.80. The Labute approximate surface area is 271 Å². The Morgan fingerprint density at radius 2 is 1.77 bits per heavy atom. The normalized spacial score (nSPS) is 17.9. The quantitative estimate of drug-likeness (QED) is 0.282. The second kappa shape index (κ2) is 11.4. The average molecular weight is 645 g/mol. The van der Waals surface area contributed by atoms with E-state index in [9.17, 15) is 14.4 Å². The topological polar surface area (TPSA) is 110 Å². The highest BCUT2D eigenvalue weighted by Gasteiger charge is 2.45. The first kappa shape index (κ1) is 32.1. The number of benzene rings is 1. The lowest BCUT2D eigenvalue weighted by atomic mass is 9.98. The number of nitrogens with zero attached hydrogens (tertiary/aromatic N) is 5. The van der Waals surface area contributed by atoms with Crippen LogP contribution in [0.5, 0.6) is 0 Å². The van der Waals surface area contributed by atoms with Crippen LogP contribution in [0.4, 0.5) is 25.0 Å². The van der Waals surface area contributed by atoms with Gasteiger partial charge in [0.2, 0.25) is 5.91 Å². The Morgan fingerprint density at radius 1 is 1.04 bits per heavy atom. The molecule has 0 spiro atoms. The summed E-state index contributed by atoms with van der Waals surface area (Å²) in [5.74, 6) is -2.04. The van der Waals surface area contributed by atoms with Crippen molar-refractivity contribution in [2.24, 2.45) is 0 Å². The molecule has 10 nitrogen and oxygen atoms in total. The fourth-order valence-corrected chi connectivity index (χ4v) is 6.51. The molecule has 1 saturated heterocycles. The summed E-state index contributed by atoms with van der Waals surface area (Å²) in [4.78, 5) is 54.0. The van der Waals surface area contributed by atoms with Crippen LogP contribution in [0.1, 0.15) is 64.3 Å². The van der Waals surface area contributed by atoms with E-state index >= 15 is 8.78 Å². The molecule has 0 bridgehead atoms. The number of aromatic nitrogens is 3. The highest BCUT2D eigenvalue weighted by atomic mass is 19.1. The van der Waals surface area contributed by atoms with Crippen LogP contribution in [0.2, 0.25) is 0 Å². The molecule has 47 heavy (non-hydrogen) atoms. The van der Waals surface area contributed by atoms with Gasteiger partial charge in [0, 0.05) is 29.7 Å². The van der Waals surface area contributed by atoms with E-state index in [1.807, 2.05) is 27.7 Å². The molecule has 0 saturated carbocycles. The SMILES string of the molecule is Cc1cccc(F)c1-c1nc2c(cc1F)c1c(c(=O)n2-c2c(C)ccnc2C(C)C)NC(=O)[C@H]2CN(C(=O)OC(C)(C)C)[C@H](C)CN12. The molecule has 0 aliphatic carbocycles. The lowest BCUT2D eigenvalue weighted by Gasteiger charge is -2.48. The monoisotopic (exact) mass is 644 g/mol. The van der Waals surface area contributed by atoms with E-state index in [-0.39, 0.29) is 52.7 Å². The van der Waals surface area contributed by atoms with Gasteiger partial charge in [-0.25, -0.2) is 18.6 Å². The maximum absolute atomic E-state index is 16.3. The van der Waals surface area contributed by atoms with Gasteiger partial charge in [0.05, 0.1) is 23.6 Å². The van der Waals surface area contributed by atoms with E-state index in [2.05, 4.69) is 10.3 Å². The highest BCUT2D eigenvalue weighted by molar-refractivity contribution is 6.10. The molecule has 1 fully saturated rings. The van der Waals surface area contributed by atoms with E-state index in [4.69, 9.17) is 9.72 Å². The average Bonchev–Trinajstić information content (AvgIpc) is 2.97. The summed E-state index contributed by atoms with van der Waals surface area (Å²) in [5, 5.41) is 3.03. The zero-order chi connectivity index (χ0) is 34.1. The molecule has 2 amide bonds. The molecule has 5 heterocycles. The van der Waals surface area contributed by atoms with Gasteiger partial charge in [-0.1, -0.05) is 26.0 Å². The molecule has 1 aromatic carbocycles. The number of rotatable bonds is 3. The van der Waals surface area contributed by atoms with Crippen LogP contribution in [0.15, 0.2) is 41.3 Å². The lowest BCUT2D eigenvalue weighted by molar-refractivity contribution is -0.118. The maximum Gasteiger partial charge on any atom is 0.410 e. The minimum Gasteiger partial charge on any atom is -0.444 e. The van der Waals surface area contributed by atoms with E-state index in [0.717, 1.165) is 0 Å². The van der Waals surface area contributed by atoms with Crippen molar-refractivity contribution < 1.29 is 23.1 Å². The van der Waals surface area contributed by atoms with Crippen molar-refractivity contribution >= 4 is 34.4 Å². The molecule has 1 N–H and O–H groups in total. The molecule has 3 aromatic heterocycles. The van der Waals surface area contributed by atoms with Crippen molar-refractivity contribution in [1.29, 1.82) is 0 Å². The third-order valence-corrected chi connectivity index (χ3v) is 8.67. The first-order chi connectivity index (χ1) is 22.1. The van der Waals surface area contributed by atoms with Crippen LogP contribution in [0, 0.1) is 25.5 Å². The zero-order valence-corrected chi connectivity index (χ0v) is 27.7. The van der Waals surface area contributed by atoms with Crippen LogP contribution in [0.3, 0.4) is 0 Å². The molecular formula is C35H38F2N6O4. The number of carbonyl (C=O) groups excluding carboxylic acids is 2. The molecule has 4 aromatic rings. The second-order valence-corrected chi connectivity index (χ2v) is 13.6. The van der Waals surface area contributed by atoms with Gasteiger partial charge in [-0.15, -0.1) is 0 Å². The smallest absolute Gasteiger partial charge is 0.410 e. The number of aryl methyl sites for hydroxylation is 2. The number of hydrogen-bond acceptors (Lipinski definition) is 7. The third-order valence-electron chi connectivity index (χ3n) is 8.67. The minimum absolute atomic E-state index is 0.0126. The largest absolute Gasteiger partial charge is 0.444 e. The van der Waals surface area contributed by atoms with Gasteiger partial charge in [-0.2, -0.15) is 0 Å². The third kappa shape index (κ3) is 5.39. The highest BCUT2D eigenvalue weighted by Crippen LogP contribution is 2.42. The number of anilines is 2. The fourth-order valence-electron chi connectivity index (χ4n) is 6.51. The number of piperazine rings is 1. The van der Waals surface area contributed by atoms with Crippen LogP contribution < -0.4 is 15.8 Å². The van der Waals surface area contributed by atoms with Crippen molar-refractivity contribution in [3.05, 3.63) is 75.3 Å². The Balaban J connectivity index is 1.65. The van der Waals surface area contributed by atoms with Crippen molar-refractivity contribution in [3.63, 3.8) is 0 Å². The molecular weight excluding hydrogens is 606 g/mol. The molecule has 2 aliphatic rings. The molecule has 0 radical (unpaired) electrons. The summed E-state index contributed by atoms with van der Waals surface area (Å²) in [7, 11) is 0. The summed E-state index contributed by atoms with van der Waals surface area (Å²) in [6.45, 7) is 14.6. The zero-order valence-electron chi connectivity index (χ0n) is 27.7. The summed E-state index contributed by atoms with van der Waals surface area (Å²) in [6, 6.07) is 6.12. The van der Waals surface area contributed by atoms with Gasteiger partial charge in [0.15, 0.2) is 5.65 Å². The van der Waals surface area contributed by atoms with E-state index in [0.29, 0.717) is 22.5 Å². The molecule has 6 rings (SSSR count). The van der Waals surface area contributed by atoms with Crippen molar-refractivity contribution in [2.75, 3.05) is 23.3 Å². The number of ether oxygens (including phenoxy) is 1. The molecule has 2 aliphatic heterocycles. The van der Waals surface area contributed by atoms with Crippen molar-refractivity contribution in [2.45, 2.75) is 79.0 Å². The number of pyridine rings is 3. The molecule has 246 valence electrons. The van der Waals surface area contributed by atoms with Crippen LogP contribution >= 0.6 is 0 Å². The van der Waals surface area contributed by atoms with Crippen molar-refractivity contribution in [1.82, 2.24) is 19.4 Å². The Hall–Kier alpha value is -4.87. The minimum atomic E-state index is -0.896. The first-order valence-electron chi connectivity index (χ1n) is 15.7. The number of halogens is 2. The summed E-state index contributed by atoms with van der Waals surface area (Å²) >= 11 is 0. The number of hydrogen-bond donors (Lipinski definition) is 1. The van der Waals surface area contributed by atoms with Gasteiger partial charge >= 0.3 is 6.09 Å². The molecule has 12 heteroatoms. The van der Waals surface area contributed by atoms with Crippen LogP contribution in [0.25, 0.3) is 28.0 Å². The van der Waals surface area contributed by atoms with Gasteiger partial charge in [0.1, 0.15) is 34.7 Å². The van der Waals surface area contributed by atoms with Crippen LogP contribution in [-0.2, 0) is 9.53 Å². The Morgan fingerprint density at radius 3 is 2.43 bits per heavy atom. The first-order valence-corrected chi connectivity index (χ1v) is 15.7. The number of fused-ring (bicyclic) bond motifs is 5. The second-order valence-electron chi connectivity index (χ2n) is 13.6.